The maximum Gasteiger partial charge on any atom is 0.224 e. The van der Waals surface area contributed by atoms with Crippen LogP contribution in [0.15, 0.2) is 54.7 Å². The smallest absolute Gasteiger partial charge is 0.224 e. The van der Waals surface area contributed by atoms with Gasteiger partial charge >= 0.3 is 0 Å². The van der Waals surface area contributed by atoms with Crippen LogP contribution in [0.5, 0.6) is 11.5 Å². The van der Waals surface area contributed by atoms with E-state index in [1.54, 1.807) is 26.5 Å². The van der Waals surface area contributed by atoms with Gasteiger partial charge in [0, 0.05) is 30.1 Å². The summed E-state index contributed by atoms with van der Waals surface area (Å²) in [4.78, 5) is 22.0. The molecule has 33 heavy (non-hydrogen) atoms. The van der Waals surface area contributed by atoms with Gasteiger partial charge in [-0.05, 0) is 48.4 Å². The quantitative estimate of drug-likeness (QED) is 0.395. The number of nitrogens with zero attached hydrogens (tertiary/aromatic N) is 3. The van der Waals surface area contributed by atoms with Gasteiger partial charge in [0.25, 0.3) is 0 Å². The Bertz CT molecular complexity index is 1290. The zero-order valence-electron chi connectivity index (χ0n) is 18.8. The molecule has 2 aromatic carbocycles. The van der Waals surface area contributed by atoms with Crippen molar-refractivity contribution in [2.24, 2.45) is 0 Å². The number of halogens is 1. The van der Waals surface area contributed by atoms with Gasteiger partial charge in [0.2, 0.25) is 5.91 Å². The number of hydrogen-bond donors (Lipinski definition) is 1. The minimum absolute atomic E-state index is 0.133. The number of imidazole rings is 1. The molecule has 8 heteroatoms. The zero-order valence-corrected chi connectivity index (χ0v) is 19.5. The number of nitrogens with one attached hydrogen (secondary N) is 1. The van der Waals surface area contributed by atoms with Crippen molar-refractivity contribution in [1.29, 1.82) is 0 Å². The van der Waals surface area contributed by atoms with E-state index in [0.717, 1.165) is 33.9 Å². The van der Waals surface area contributed by atoms with Crippen LogP contribution < -0.4 is 14.8 Å². The number of rotatable bonds is 8. The molecule has 0 aliphatic rings. The van der Waals surface area contributed by atoms with Crippen molar-refractivity contribution in [3.05, 3.63) is 76.7 Å². The van der Waals surface area contributed by atoms with Crippen molar-refractivity contribution in [1.82, 2.24) is 14.5 Å². The van der Waals surface area contributed by atoms with Gasteiger partial charge in [-0.15, -0.1) is 0 Å². The van der Waals surface area contributed by atoms with Gasteiger partial charge in [0.15, 0.2) is 5.65 Å². The van der Waals surface area contributed by atoms with Gasteiger partial charge < -0.3 is 19.4 Å². The summed E-state index contributed by atoms with van der Waals surface area (Å²) in [6, 6.07) is 15.2. The molecular weight excluding hydrogens is 440 g/mol. The van der Waals surface area contributed by atoms with Crippen molar-refractivity contribution in [3.8, 4) is 11.5 Å². The Hall–Kier alpha value is -3.58. The summed E-state index contributed by atoms with van der Waals surface area (Å²) < 4.78 is 12.7. The van der Waals surface area contributed by atoms with Crippen LogP contribution in [0, 0.1) is 6.92 Å². The molecule has 0 aliphatic heterocycles. The number of carbonyl (C=O) groups excluding carboxylic acids is 1. The molecule has 0 atom stereocenters. The minimum atomic E-state index is -0.133. The molecule has 1 N–H and O–H groups in total. The van der Waals surface area contributed by atoms with Crippen LogP contribution in [0.3, 0.4) is 0 Å². The maximum absolute atomic E-state index is 12.7. The molecule has 0 unspecified atom stereocenters. The molecule has 4 rings (SSSR count). The first kappa shape index (κ1) is 22.6. The molecule has 1 amide bonds. The van der Waals surface area contributed by atoms with E-state index >= 15 is 0 Å². The summed E-state index contributed by atoms with van der Waals surface area (Å²) >= 11 is 6.17. The summed E-state index contributed by atoms with van der Waals surface area (Å²) in [5, 5.41) is 3.51. The minimum Gasteiger partial charge on any atom is -0.497 e. The van der Waals surface area contributed by atoms with E-state index in [4.69, 9.17) is 26.1 Å². The first-order valence-corrected chi connectivity index (χ1v) is 10.9. The highest BCUT2D eigenvalue weighted by molar-refractivity contribution is 6.31. The number of benzene rings is 2. The highest BCUT2D eigenvalue weighted by atomic mass is 35.5. The van der Waals surface area contributed by atoms with Gasteiger partial charge in [-0.2, -0.15) is 0 Å². The van der Waals surface area contributed by atoms with Crippen LogP contribution >= 0.6 is 11.6 Å². The van der Waals surface area contributed by atoms with Gasteiger partial charge in [-0.1, -0.05) is 23.7 Å². The first-order chi connectivity index (χ1) is 16.0. The monoisotopic (exact) mass is 464 g/mol. The first-order valence-electron chi connectivity index (χ1n) is 10.6. The second kappa shape index (κ2) is 9.92. The lowest BCUT2D eigenvalue weighted by atomic mass is 10.2. The van der Waals surface area contributed by atoms with E-state index in [0.29, 0.717) is 29.4 Å². The molecular formula is C25H25ClN4O3. The Balaban J connectivity index is 1.53. The molecule has 0 fully saturated rings. The van der Waals surface area contributed by atoms with Crippen molar-refractivity contribution < 1.29 is 14.3 Å². The normalized spacial score (nSPS) is 10.9. The molecule has 0 bridgehead atoms. The number of amides is 1. The van der Waals surface area contributed by atoms with Crippen molar-refractivity contribution in [2.75, 3.05) is 19.5 Å². The largest absolute Gasteiger partial charge is 0.497 e. The fraction of sp³-hybridized carbons (Fsp3) is 0.240. The van der Waals surface area contributed by atoms with Crippen LogP contribution in [-0.4, -0.2) is 34.7 Å². The SMILES string of the molecule is COc1ccc(Cn2c(CCC(=O)Nc3cc(C)c(Cl)cc3OC)nc3cccnc32)cc1. The number of ether oxygens (including phenoxy) is 2. The Morgan fingerprint density at radius 2 is 1.91 bits per heavy atom. The standard InChI is InChI=1S/C25H25ClN4O3/c1-16-13-21(22(33-3)14-19(16)26)29-24(31)11-10-23-28-20-5-4-12-27-25(20)30(23)15-17-6-8-18(32-2)9-7-17/h4-9,12-14H,10-11,15H2,1-3H3,(H,29,31). The number of fused-ring (bicyclic) bond motifs is 1. The summed E-state index contributed by atoms with van der Waals surface area (Å²) in [6.45, 7) is 2.48. The summed E-state index contributed by atoms with van der Waals surface area (Å²) in [5.74, 6) is 1.99. The van der Waals surface area contributed by atoms with E-state index in [-0.39, 0.29) is 12.3 Å². The number of aryl methyl sites for hydroxylation is 2. The molecule has 0 saturated carbocycles. The fourth-order valence-electron chi connectivity index (χ4n) is 3.64. The van der Waals surface area contributed by atoms with Crippen LogP contribution in [0.1, 0.15) is 23.4 Å². The predicted octanol–water partition coefficient (Wildman–Crippen LogP) is 5.03. The second-order valence-electron chi connectivity index (χ2n) is 7.66. The molecule has 7 nitrogen and oxygen atoms in total. The average molecular weight is 465 g/mol. The molecule has 0 saturated heterocycles. The van der Waals surface area contributed by atoms with Gasteiger partial charge in [0.05, 0.1) is 26.5 Å². The van der Waals surface area contributed by atoms with E-state index in [9.17, 15) is 4.79 Å². The van der Waals surface area contributed by atoms with E-state index < -0.39 is 0 Å². The lowest BCUT2D eigenvalue weighted by Gasteiger charge is -2.13. The summed E-state index contributed by atoms with van der Waals surface area (Å²) in [6.07, 6.45) is 2.48. The Morgan fingerprint density at radius 3 is 2.64 bits per heavy atom. The highest BCUT2D eigenvalue weighted by Gasteiger charge is 2.15. The molecule has 170 valence electrons. The summed E-state index contributed by atoms with van der Waals surface area (Å²) in [5.41, 5.74) is 4.14. The highest BCUT2D eigenvalue weighted by Crippen LogP contribution is 2.31. The van der Waals surface area contributed by atoms with E-state index in [1.807, 2.05) is 49.4 Å². The topological polar surface area (TPSA) is 78.3 Å². The number of carbonyl (C=O) groups is 1. The fourth-order valence-corrected chi connectivity index (χ4v) is 3.80. The zero-order chi connectivity index (χ0) is 23.4. The van der Waals surface area contributed by atoms with Crippen molar-refractivity contribution in [3.63, 3.8) is 0 Å². The van der Waals surface area contributed by atoms with Gasteiger partial charge in [-0.25, -0.2) is 9.97 Å². The Kier molecular flexibility index (Phi) is 6.79. The predicted molar refractivity (Wildman–Crippen MR) is 129 cm³/mol. The van der Waals surface area contributed by atoms with E-state index in [2.05, 4.69) is 14.9 Å². The molecule has 2 aromatic heterocycles. The van der Waals surface area contributed by atoms with Crippen molar-refractivity contribution in [2.45, 2.75) is 26.3 Å². The number of anilines is 1. The maximum atomic E-state index is 12.7. The van der Waals surface area contributed by atoms with Crippen LogP contribution in [0.2, 0.25) is 5.02 Å². The molecule has 0 spiro atoms. The number of methoxy groups -OCH3 is 2. The molecule has 0 aliphatic carbocycles. The lowest BCUT2D eigenvalue weighted by molar-refractivity contribution is -0.116. The summed E-state index contributed by atoms with van der Waals surface area (Å²) in [7, 11) is 3.19. The molecule has 2 heterocycles. The number of hydrogen-bond acceptors (Lipinski definition) is 5. The van der Waals surface area contributed by atoms with E-state index in [1.165, 1.54) is 0 Å². The molecule has 4 aromatic rings. The number of pyridine rings is 1. The van der Waals surface area contributed by atoms with Crippen LogP contribution in [0.4, 0.5) is 5.69 Å². The van der Waals surface area contributed by atoms with Crippen molar-refractivity contribution >= 4 is 34.4 Å². The van der Waals surface area contributed by atoms with Gasteiger partial charge in [-0.3, -0.25) is 4.79 Å². The number of aromatic nitrogens is 3. The van der Waals surface area contributed by atoms with Crippen LogP contribution in [-0.2, 0) is 17.8 Å². The molecule has 0 radical (unpaired) electrons. The van der Waals surface area contributed by atoms with Gasteiger partial charge in [0.1, 0.15) is 22.8 Å². The third kappa shape index (κ3) is 5.09. The third-order valence-electron chi connectivity index (χ3n) is 5.41. The third-order valence-corrected chi connectivity index (χ3v) is 5.82. The Morgan fingerprint density at radius 1 is 1.12 bits per heavy atom. The average Bonchev–Trinajstić information content (AvgIpc) is 3.17. The van der Waals surface area contributed by atoms with Crippen LogP contribution in [0.25, 0.3) is 11.2 Å². The Labute approximate surface area is 197 Å². The second-order valence-corrected chi connectivity index (χ2v) is 8.07. The lowest BCUT2D eigenvalue weighted by Crippen LogP contribution is -2.15.